The van der Waals surface area contributed by atoms with Crippen molar-refractivity contribution >= 4 is 45.1 Å². The second-order valence-corrected chi connectivity index (χ2v) is 8.16. The number of rotatable bonds is 4. The maximum Gasteiger partial charge on any atom is 0.410 e. The number of esters is 1. The molecule has 160 valence electrons. The van der Waals surface area contributed by atoms with Crippen LogP contribution < -0.4 is 5.32 Å². The van der Waals surface area contributed by atoms with Gasteiger partial charge in [0, 0.05) is 17.0 Å². The lowest BCUT2D eigenvalue weighted by Crippen LogP contribution is -2.36. The Labute approximate surface area is 183 Å². The van der Waals surface area contributed by atoms with Crippen molar-refractivity contribution in [3.05, 3.63) is 64.0 Å². The Morgan fingerprint density at radius 1 is 1.13 bits per heavy atom. The topological polar surface area (TPSA) is 84.9 Å². The van der Waals surface area contributed by atoms with Gasteiger partial charge in [-0.05, 0) is 35.7 Å². The first-order chi connectivity index (χ1) is 15.0. The molecule has 2 aromatic carbocycles. The molecular formula is C23H22N2O5S. The van der Waals surface area contributed by atoms with Crippen LogP contribution in [0.4, 0.5) is 9.80 Å². The van der Waals surface area contributed by atoms with Crippen LogP contribution >= 0.6 is 11.3 Å². The van der Waals surface area contributed by atoms with E-state index < -0.39 is 5.97 Å². The highest BCUT2D eigenvalue weighted by Crippen LogP contribution is 2.38. The Balaban J connectivity index is 1.67. The van der Waals surface area contributed by atoms with Gasteiger partial charge in [0.15, 0.2) is 0 Å². The fraction of sp³-hybridized carbons (Fsp3) is 0.261. The summed E-state index contributed by atoms with van der Waals surface area (Å²) in [6.07, 6.45) is 0.0988. The first-order valence-corrected chi connectivity index (χ1v) is 10.8. The van der Waals surface area contributed by atoms with E-state index in [-0.39, 0.29) is 12.0 Å². The molecule has 0 saturated carbocycles. The SMILES string of the molecule is CCOC(=O)N1CCc2c(sc(NC(=O)c3cccc4ccccc34)c2C(=O)OC)C1. The summed E-state index contributed by atoms with van der Waals surface area (Å²) >= 11 is 1.29. The van der Waals surface area contributed by atoms with Gasteiger partial charge < -0.3 is 19.7 Å². The number of thiophene rings is 1. The first-order valence-electron chi connectivity index (χ1n) is 9.97. The molecule has 1 aromatic heterocycles. The second kappa shape index (κ2) is 8.77. The molecule has 31 heavy (non-hydrogen) atoms. The van der Waals surface area contributed by atoms with Gasteiger partial charge in [0.2, 0.25) is 0 Å². The predicted molar refractivity (Wildman–Crippen MR) is 119 cm³/mol. The summed E-state index contributed by atoms with van der Waals surface area (Å²) in [4.78, 5) is 40.2. The van der Waals surface area contributed by atoms with Gasteiger partial charge in [-0.25, -0.2) is 9.59 Å². The Hall–Kier alpha value is -3.39. The second-order valence-electron chi connectivity index (χ2n) is 7.05. The molecule has 3 aromatic rings. The van der Waals surface area contributed by atoms with Gasteiger partial charge in [0.05, 0.1) is 25.8 Å². The third kappa shape index (κ3) is 3.98. The van der Waals surface area contributed by atoms with Crippen LogP contribution in [0.1, 0.15) is 38.1 Å². The van der Waals surface area contributed by atoms with Gasteiger partial charge in [0.25, 0.3) is 5.91 Å². The highest BCUT2D eigenvalue weighted by molar-refractivity contribution is 7.17. The fourth-order valence-electron chi connectivity index (χ4n) is 3.77. The van der Waals surface area contributed by atoms with E-state index in [1.807, 2.05) is 36.4 Å². The van der Waals surface area contributed by atoms with Crippen molar-refractivity contribution in [3.63, 3.8) is 0 Å². The average molecular weight is 439 g/mol. The largest absolute Gasteiger partial charge is 0.465 e. The number of nitrogens with one attached hydrogen (secondary N) is 1. The molecule has 0 spiro atoms. The van der Waals surface area contributed by atoms with Crippen LogP contribution in [0.25, 0.3) is 10.8 Å². The van der Waals surface area contributed by atoms with Crippen molar-refractivity contribution < 1.29 is 23.9 Å². The van der Waals surface area contributed by atoms with Crippen LogP contribution in [0.15, 0.2) is 42.5 Å². The lowest BCUT2D eigenvalue weighted by Gasteiger charge is -2.26. The number of nitrogens with zero attached hydrogens (tertiary/aromatic N) is 1. The normalized spacial score (nSPS) is 12.9. The summed E-state index contributed by atoms with van der Waals surface area (Å²) in [5.41, 5.74) is 1.69. The summed E-state index contributed by atoms with van der Waals surface area (Å²) in [6, 6.07) is 13.2. The number of hydrogen-bond acceptors (Lipinski definition) is 6. The molecule has 0 unspecified atom stereocenters. The Morgan fingerprint density at radius 3 is 2.68 bits per heavy atom. The number of methoxy groups -OCH3 is 1. The highest BCUT2D eigenvalue weighted by Gasteiger charge is 2.31. The monoisotopic (exact) mass is 438 g/mol. The molecule has 2 heterocycles. The van der Waals surface area contributed by atoms with Gasteiger partial charge in [-0.15, -0.1) is 11.3 Å². The van der Waals surface area contributed by atoms with Gasteiger partial charge in [0.1, 0.15) is 5.00 Å². The minimum absolute atomic E-state index is 0.298. The number of anilines is 1. The standard InChI is InChI=1S/C23H22N2O5S/c1-3-30-23(28)25-12-11-17-18(13-25)31-21(19(17)22(27)29-2)24-20(26)16-10-6-8-14-7-4-5-9-15(14)16/h4-10H,3,11-13H2,1-2H3,(H,24,26). The van der Waals surface area contributed by atoms with Gasteiger partial charge >= 0.3 is 12.1 Å². The molecule has 0 saturated heterocycles. The van der Waals surface area contributed by atoms with E-state index in [2.05, 4.69) is 5.32 Å². The minimum atomic E-state index is -0.504. The summed E-state index contributed by atoms with van der Waals surface area (Å²) in [7, 11) is 1.32. The zero-order chi connectivity index (χ0) is 22.0. The molecule has 8 heteroatoms. The molecule has 2 amide bonds. The van der Waals surface area contributed by atoms with Crippen LogP contribution in [-0.2, 0) is 22.4 Å². The van der Waals surface area contributed by atoms with E-state index in [9.17, 15) is 14.4 Å². The molecule has 4 rings (SSSR count). The van der Waals surface area contributed by atoms with Crippen molar-refractivity contribution in [2.45, 2.75) is 19.9 Å². The molecule has 0 atom stereocenters. The molecule has 1 N–H and O–H groups in total. The van der Waals surface area contributed by atoms with Crippen LogP contribution in [0, 0.1) is 0 Å². The highest BCUT2D eigenvalue weighted by atomic mass is 32.1. The molecule has 0 bridgehead atoms. The Bertz CT molecular complexity index is 1160. The van der Waals surface area contributed by atoms with Crippen molar-refractivity contribution in [2.24, 2.45) is 0 Å². The Kier molecular flexibility index (Phi) is 5.90. The van der Waals surface area contributed by atoms with Crippen molar-refractivity contribution in [1.82, 2.24) is 4.90 Å². The van der Waals surface area contributed by atoms with Crippen molar-refractivity contribution in [2.75, 3.05) is 25.6 Å². The first kappa shape index (κ1) is 20.9. The van der Waals surface area contributed by atoms with Gasteiger partial charge in [-0.2, -0.15) is 0 Å². The van der Waals surface area contributed by atoms with E-state index in [0.29, 0.717) is 42.2 Å². The van der Waals surface area contributed by atoms with Gasteiger partial charge in [-0.1, -0.05) is 36.4 Å². The predicted octanol–water partition coefficient (Wildman–Crippen LogP) is 4.45. The molecule has 1 aliphatic heterocycles. The van der Waals surface area contributed by atoms with Crippen LogP contribution in [0.5, 0.6) is 0 Å². The molecule has 0 fully saturated rings. The summed E-state index contributed by atoms with van der Waals surface area (Å²) < 4.78 is 10.1. The van der Waals surface area contributed by atoms with Crippen LogP contribution in [0.2, 0.25) is 0 Å². The smallest absolute Gasteiger partial charge is 0.410 e. The number of fused-ring (bicyclic) bond motifs is 2. The van der Waals surface area contributed by atoms with E-state index in [1.165, 1.54) is 18.4 Å². The molecule has 7 nitrogen and oxygen atoms in total. The average Bonchev–Trinajstić information content (AvgIpc) is 3.15. The molecule has 0 radical (unpaired) electrons. The third-order valence-electron chi connectivity index (χ3n) is 5.23. The zero-order valence-electron chi connectivity index (χ0n) is 17.3. The van der Waals surface area contributed by atoms with Crippen LogP contribution in [-0.4, -0.2) is 43.1 Å². The summed E-state index contributed by atoms with van der Waals surface area (Å²) in [5, 5.41) is 5.12. The van der Waals surface area contributed by atoms with Crippen molar-refractivity contribution in [3.8, 4) is 0 Å². The lowest BCUT2D eigenvalue weighted by atomic mass is 10.0. The number of hydrogen-bond donors (Lipinski definition) is 1. The maximum absolute atomic E-state index is 13.1. The third-order valence-corrected chi connectivity index (χ3v) is 6.37. The van der Waals surface area contributed by atoms with E-state index >= 15 is 0 Å². The van der Waals surface area contributed by atoms with Crippen LogP contribution in [0.3, 0.4) is 0 Å². The maximum atomic E-state index is 13.1. The molecular weight excluding hydrogens is 416 g/mol. The van der Waals surface area contributed by atoms with E-state index in [4.69, 9.17) is 9.47 Å². The zero-order valence-corrected chi connectivity index (χ0v) is 18.1. The summed E-state index contributed by atoms with van der Waals surface area (Å²) in [6.45, 7) is 2.82. The number of carbonyl (C=O) groups excluding carboxylic acids is 3. The quantitative estimate of drug-likeness (QED) is 0.608. The Morgan fingerprint density at radius 2 is 1.90 bits per heavy atom. The lowest BCUT2D eigenvalue weighted by molar-refractivity contribution is 0.0600. The van der Waals surface area contributed by atoms with E-state index in [0.717, 1.165) is 21.2 Å². The van der Waals surface area contributed by atoms with E-state index in [1.54, 1.807) is 17.9 Å². The van der Waals surface area contributed by atoms with Crippen molar-refractivity contribution in [1.29, 1.82) is 0 Å². The number of carbonyl (C=O) groups is 3. The molecule has 0 aliphatic carbocycles. The number of ether oxygens (including phenoxy) is 2. The summed E-state index contributed by atoms with van der Waals surface area (Å²) in [5.74, 6) is -0.807. The number of amides is 2. The molecule has 1 aliphatic rings. The number of benzene rings is 2. The minimum Gasteiger partial charge on any atom is -0.465 e. The fourth-order valence-corrected chi connectivity index (χ4v) is 5.02. The van der Waals surface area contributed by atoms with Gasteiger partial charge in [-0.3, -0.25) is 4.79 Å².